The first-order chi connectivity index (χ1) is 9.28. The van der Waals surface area contributed by atoms with Crippen molar-refractivity contribution in [2.75, 3.05) is 0 Å². The van der Waals surface area contributed by atoms with Crippen molar-refractivity contribution in [3.8, 4) is 0 Å². The Morgan fingerprint density at radius 2 is 1.84 bits per heavy atom. The molecule has 0 saturated carbocycles. The SMILES string of the molecule is O=c1c2ccccc2ccn1Cc1ccc(CO)o1. The molecule has 0 saturated heterocycles. The van der Waals surface area contributed by atoms with Crippen molar-refractivity contribution in [3.63, 3.8) is 0 Å². The molecule has 0 amide bonds. The second kappa shape index (κ2) is 4.74. The summed E-state index contributed by atoms with van der Waals surface area (Å²) >= 11 is 0. The molecule has 0 aliphatic rings. The molecule has 19 heavy (non-hydrogen) atoms. The zero-order chi connectivity index (χ0) is 13.2. The summed E-state index contributed by atoms with van der Waals surface area (Å²) in [4.78, 5) is 12.3. The van der Waals surface area contributed by atoms with Gasteiger partial charge in [0.25, 0.3) is 5.56 Å². The fourth-order valence-corrected chi connectivity index (χ4v) is 2.11. The maximum Gasteiger partial charge on any atom is 0.258 e. The summed E-state index contributed by atoms with van der Waals surface area (Å²) in [6, 6.07) is 12.9. The topological polar surface area (TPSA) is 55.4 Å². The van der Waals surface area contributed by atoms with Crippen LogP contribution in [-0.2, 0) is 13.2 Å². The fraction of sp³-hybridized carbons (Fsp3) is 0.133. The van der Waals surface area contributed by atoms with Gasteiger partial charge in [0.05, 0.1) is 6.54 Å². The molecule has 3 aromatic rings. The van der Waals surface area contributed by atoms with E-state index in [4.69, 9.17) is 9.52 Å². The first-order valence-corrected chi connectivity index (χ1v) is 6.04. The Hall–Kier alpha value is -2.33. The lowest BCUT2D eigenvalue weighted by molar-refractivity contribution is 0.243. The monoisotopic (exact) mass is 255 g/mol. The summed E-state index contributed by atoms with van der Waals surface area (Å²) in [5, 5.41) is 10.6. The lowest BCUT2D eigenvalue weighted by atomic mass is 10.2. The number of aliphatic hydroxyl groups excluding tert-OH is 1. The van der Waals surface area contributed by atoms with Crippen LogP contribution in [0.1, 0.15) is 11.5 Å². The number of nitrogens with zero attached hydrogens (tertiary/aromatic N) is 1. The summed E-state index contributed by atoms with van der Waals surface area (Å²) in [5.74, 6) is 1.16. The number of benzene rings is 1. The van der Waals surface area contributed by atoms with Gasteiger partial charge in [-0.25, -0.2) is 0 Å². The van der Waals surface area contributed by atoms with Gasteiger partial charge in [-0.15, -0.1) is 0 Å². The van der Waals surface area contributed by atoms with Gasteiger partial charge in [0.15, 0.2) is 0 Å². The van der Waals surface area contributed by atoms with Gasteiger partial charge in [0.1, 0.15) is 18.1 Å². The van der Waals surface area contributed by atoms with Gasteiger partial charge in [-0.2, -0.15) is 0 Å². The number of fused-ring (bicyclic) bond motifs is 1. The van der Waals surface area contributed by atoms with Crippen LogP contribution in [0.4, 0.5) is 0 Å². The van der Waals surface area contributed by atoms with Gasteiger partial charge in [0.2, 0.25) is 0 Å². The quantitative estimate of drug-likeness (QED) is 0.780. The Kier molecular flexibility index (Phi) is 2.93. The van der Waals surface area contributed by atoms with Gasteiger partial charge in [-0.05, 0) is 29.7 Å². The van der Waals surface area contributed by atoms with Crippen LogP contribution in [0.25, 0.3) is 10.8 Å². The third-order valence-electron chi connectivity index (χ3n) is 3.09. The van der Waals surface area contributed by atoms with Crippen molar-refractivity contribution in [1.29, 1.82) is 0 Å². The minimum absolute atomic E-state index is 0.0416. The van der Waals surface area contributed by atoms with E-state index in [0.29, 0.717) is 23.5 Å². The van der Waals surface area contributed by atoms with E-state index in [9.17, 15) is 4.79 Å². The first-order valence-electron chi connectivity index (χ1n) is 6.04. The molecule has 1 N–H and O–H groups in total. The molecular weight excluding hydrogens is 242 g/mol. The molecule has 2 heterocycles. The molecule has 4 nitrogen and oxygen atoms in total. The average Bonchev–Trinajstić information content (AvgIpc) is 2.90. The Labute approximate surface area is 109 Å². The molecule has 0 aliphatic carbocycles. The summed E-state index contributed by atoms with van der Waals surface area (Å²) in [6.07, 6.45) is 1.76. The third kappa shape index (κ3) is 2.18. The first kappa shape index (κ1) is 11.7. The van der Waals surface area contributed by atoms with Crippen molar-refractivity contribution < 1.29 is 9.52 Å². The molecule has 0 fully saturated rings. The number of furan rings is 1. The van der Waals surface area contributed by atoms with Crippen LogP contribution >= 0.6 is 0 Å². The van der Waals surface area contributed by atoms with Crippen LogP contribution in [0.15, 0.2) is 57.9 Å². The van der Waals surface area contributed by atoms with Gasteiger partial charge >= 0.3 is 0 Å². The van der Waals surface area contributed by atoms with Crippen LogP contribution in [0.5, 0.6) is 0 Å². The smallest absolute Gasteiger partial charge is 0.258 e. The van der Waals surface area contributed by atoms with Crippen molar-refractivity contribution >= 4 is 10.8 Å². The number of aliphatic hydroxyl groups is 1. The molecule has 0 atom stereocenters. The van der Waals surface area contributed by atoms with E-state index >= 15 is 0 Å². The normalized spacial score (nSPS) is 11.0. The Bertz CT molecular complexity index is 770. The zero-order valence-corrected chi connectivity index (χ0v) is 10.2. The highest BCUT2D eigenvalue weighted by Gasteiger charge is 2.05. The number of hydrogen-bond acceptors (Lipinski definition) is 3. The van der Waals surface area contributed by atoms with E-state index in [2.05, 4.69) is 0 Å². The van der Waals surface area contributed by atoms with Crippen LogP contribution < -0.4 is 5.56 Å². The maximum absolute atomic E-state index is 12.3. The highest BCUT2D eigenvalue weighted by Crippen LogP contribution is 2.11. The summed E-state index contributed by atoms with van der Waals surface area (Å²) < 4.78 is 6.99. The predicted octanol–water partition coefficient (Wildman–Crippen LogP) is 2.14. The largest absolute Gasteiger partial charge is 0.462 e. The van der Waals surface area contributed by atoms with Crippen LogP contribution in [-0.4, -0.2) is 9.67 Å². The van der Waals surface area contributed by atoms with Gasteiger partial charge in [-0.1, -0.05) is 18.2 Å². The van der Waals surface area contributed by atoms with E-state index < -0.39 is 0 Å². The van der Waals surface area contributed by atoms with Crippen molar-refractivity contribution in [1.82, 2.24) is 4.57 Å². The Morgan fingerprint density at radius 3 is 2.63 bits per heavy atom. The highest BCUT2D eigenvalue weighted by molar-refractivity contribution is 5.81. The van der Waals surface area contributed by atoms with E-state index in [1.807, 2.05) is 30.3 Å². The maximum atomic E-state index is 12.3. The van der Waals surface area contributed by atoms with E-state index in [1.54, 1.807) is 22.9 Å². The summed E-state index contributed by atoms with van der Waals surface area (Å²) in [5.41, 5.74) is -0.0416. The standard InChI is InChI=1S/C15H13NO3/c17-10-13-6-5-12(19-13)9-16-8-7-11-3-1-2-4-14(11)15(16)18/h1-8,17H,9-10H2. The second-order valence-electron chi connectivity index (χ2n) is 4.36. The molecule has 4 heteroatoms. The number of hydrogen-bond donors (Lipinski definition) is 1. The lowest BCUT2D eigenvalue weighted by Gasteiger charge is -2.05. The van der Waals surface area contributed by atoms with E-state index in [-0.39, 0.29) is 12.2 Å². The predicted molar refractivity (Wildman–Crippen MR) is 71.9 cm³/mol. The summed E-state index contributed by atoms with van der Waals surface area (Å²) in [6.45, 7) is 0.232. The number of aromatic nitrogens is 1. The van der Waals surface area contributed by atoms with Crippen LogP contribution in [0, 0.1) is 0 Å². The Balaban J connectivity index is 2.01. The molecule has 0 spiro atoms. The molecule has 96 valence electrons. The van der Waals surface area contributed by atoms with Crippen LogP contribution in [0.3, 0.4) is 0 Å². The molecular formula is C15H13NO3. The Morgan fingerprint density at radius 1 is 1.05 bits per heavy atom. The lowest BCUT2D eigenvalue weighted by Crippen LogP contribution is -2.19. The molecule has 0 unspecified atom stereocenters. The van der Waals surface area contributed by atoms with Crippen LogP contribution in [0.2, 0.25) is 0 Å². The minimum Gasteiger partial charge on any atom is -0.462 e. The number of rotatable bonds is 3. The molecule has 1 aromatic carbocycles. The highest BCUT2D eigenvalue weighted by atomic mass is 16.4. The van der Waals surface area contributed by atoms with E-state index in [0.717, 1.165) is 5.39 Å². The molecule has 2 aromatic heterocycles. The minimum atomic E-state index is -0.132. The van der Waals surface area contributed by atoms with E-state index in [1.165, 1.54) is 0 Å². The van der Waals surface area contributed by atoms with Gasteiger partial charge in [0, 0.05) is 11.6 Å². The third-order valence-corrected chi connectivity index (χ3v) is 3.09. The number of pyridine rings is 1. The van der Waals surface area contributed by atoms with Gasteiger partial charge < -0.3 is 14.1 Å². The molecule has 3 rings (SSSR count). The molecule has 0 radical (unpaired) electrons. The average molecular weight is 255 g/mol. The molecule has 0 aliphatic heterocycles. The van der Waals surface area contributed by atoms with Crippen molar-refractivity contribution in [2.24, 2.45) is 0 Å². The van der Waals surface area contributed by atoms with Crippen molar-refractivity contribution in [2.45, 2.75) is 13.2 Å². The second-order valence-corrected chi connectivity index (χ2v) is 4.36. The van der Waals surface area contributed by atoms with Gasteiger partial charge in [-0.3, -0.25) is 4.79 Å². The zero-order valence-electron chi connectivity index (χ0n) is 10.2. The fourth-order valence-electron chi connectivity index (χ4n) is 2.11. The molecule has 0 bridgehead atoms. The van der Waals surface area contributed by atoms with Crippen molar-refractivity contribution in [3.05, 3.63) is 70.5 Å². The summed E-state index contributed by atoms with van der Waals surface area (Å²) in [7, 11) is 0.